The molecule has 0 aliphatic heterocycles. The lowest BCUT2D eigenvalue weighted by molar-refractivity contribution is 0.103. The second kappa shape index (κ2) is 20.2. The molecule has 0 aliphatic rings. The van der Waals surface area contributed by atoms with E-state index in [1.165, 1.54) is 127 Å². The van der Waals surface area contributed by atoms with E-state index in [9.17, 15) is 4.79 Å². The summed E-state index contributed by atoms with van der Waals surface area (Å²) in [6.45, 7) is 4.55. The highest BCUT2D eigenvalue weighted by Crippen LogP contribution is 2.17. The van der Waals surface area contributed by atoms with Crippen molar-refractivity contribution in [3.05, 3.63) is 70.8 Å². The molecule has 0 N–H and O–H groups in total. The van der Waals surface area contributed by atoms with Crippen molar-refractivity contribution in [3.63, 3.8) is 0 Å². The van der Waals surface area contributed by atoms with Crippen LogP contribution in [0.3, 0.4) is 0 Å². The van der Waals surface area contributed by atoms with E-state index in [1.54, 1.807) is 0 Å². The lowest BCUT2D eigenvalue weighted by Gasteiger charge is -2.06. The molecule has 2 aromatic carbocycles. The first-order chi connectivity index (χ1) is 17.7. The fourth-order valence-corrected chi connectivity index (χ4v) is 5.09. The number of carbonyl (C=O) groups excluding carboxylic acids is 1. The Bertz CT molecular complexity index is 719. The predicted octanol–water partition coefficient (Wildman–Crippen LogP) is 11.1. The molecule has 0 heterocycles. The van der Waals surface area contributed by atoms with Crippen LogP contribution in [-0.4, -0.2) is 5.78 Å². The molecule has 0 unspecified atom stereocenters. The van der Waals surface area contributed by atoms with Crippen molar-refractivity contribution < 1.29 is 4.79 Å². The van der Waals surface area contributed by atoms with Gasteiger partial charge in [-0.2, -0.15) is 0 Å². The molecular weight excluding hydrogens is 436 g/mol. The van der Waals surface area contributed by atoms with Gasteiger partial charge in [-0.1, -0.05) is 165 Å². The number of aryl methyl sites for hydroxylation is 2. The minimum Gasteiger partial charge on any atom is -0.289 e. The SMILES string of the molecule is CCCCCCCCCCCc1ccc(C(=O)c2ccc(CCCCCCCCCCC)cc2)cc1. The Hall–Kier alpha value is -1.89. The number of ketones is 1. The normalized spacial score (nSPS) is 11.2. The maximum atomic E-state index is 12.9. The van der Waals surface area contributed by atoms with Gasteiger partial charge in [0.25, 0.3) is 0 Å². The molecule has 2 rings (SSSR count). The van der Waals surface area contributed by atoms with E-state index in [1.807, 2.05) is 24.3 Å². The second-order valence-electron chi connectivity index (χ2n) is 10.9. The van der Waals surface area contributed by atoms with E-state index >= 15 is 0 Å². The smallest absolute Gasteiger partial charge is 0.193 e. The van der Waals surface area contributed by atoms with Crippen LogP contribution in [0.2, 0.25) is 0 Å². The molecule has 0 saturated carbocycles. The molecule has 200 valence electrons. The third kappa shape index (κ3) is 13.4. The summed E-state index contributed by atoms with van der Waals surface area (Å²) < 4.78 is 0. The maximum absolute atomic E-state index is 12.9. The van der Waals surface area contributed by atoms with Crippen LogP contribution >= 0.6 is 0 Å². The van der Waals surface area contributed by atoms with Crippen molar-refractivity contribution >= 4 is 5.78 Å². The number of carbonyl (C=O) groups is 1. The lowest BCUT2D eigenvalue weighted by Crippen LogP contribution is -2.02. The molecule has 36 heavy (non-hydrogen) atoms. The van der Waals surface area contributed by atoms with Gasteiger partial charge in [0.1, 0.15) is 0 Å². The average molecular weight is 491 g/mol. The molecule has 0 radical (unpaired) electrons. The van der Waals surface area contributed by atoms with Gasteiger partial charge >= 0.3 is 0 Å². The van der Waals surface area contributed by atoms with Crippen molar-refractivity contribution in [1.29, 1.82) is 0 Å². The molecule has 2 aromatic rings. The highest BCUT2D eigenvalue weighted by Gasteiger charge is 2.09. The van der Waals surface area contributed by atoms with E-state index in [0.29, 0.717) is 0 Å². The maximum Gasteiger partial charge on any atom is 0.193 e. The molecule has 0 aliphatic carbocycles. The third-order valence-corrected chi connectivity index (χ3v) is 7.57. The van der Waals surface area contributed by atoms with Crippen molar-refractivity contribution in [2.45, 2.75) is 142 Å². The van der Waals surface area contributed by atoms with Crippen LogP contribution in [0.5, 0.6) is 0 Å². The molecule has 1 nitrogen and oxygen atoms in total. The minimum atomic E-state index is 0.138. The molecule has 0 fully saturated rings. The van der Waals surface area contributed by atoms with Crippen LogP contribution < -0.4 is 0 Å². The first-order valence-electron chi connectivity index (χ1n) is 15.5. The Balaban J connectivity index is 1.61. The minimum absolute atomic E-state index is 0.138. The predicted molar refractivity (Wildman–Crippen MR) is 158 cm³/mol. The van der Waals surface area contributed by atoms with Crippen LogP contribution in [-0.2, 0) is 12.8 Å². The van der Waals surface area contributed by atoms with Gasteiger partial charge in [0.2, 0.25) is 0 Å². The topological polar surface area (TPSA) is 17.1 Å². The van der Waals surface area contributed by atoms with Gasteiger partial charge in [0.05, 0.1) is 0 Å². The van der Waals surface area contributed by atoms with E-state index in [0.717, 1.165) is 24.0 Å². The van der Waals surface area contributed by atoms with Gasteiger partial charge < -0.3 is 0 Å². The first-order valence-corrected chi connectivity index (χ1v) is 15.5. The summed E-state index contributed by atoms with van der Waals surface area (Å²) in [7, 11) is 0. The molecule has 0 bridgehead atoms. The number of hydrogen-bond donors (Lipinski definition) is 0. The van der Waals surface area contributed by atoms with Crippen molar-refractivity contribution in [1.82, 2.24) is 0 Å². The van der Waals surface area contributed by atoms with E-state index < -0.39 is 0 Å². The summed E-state index contributed by atoms with van der Waals surface area (Å²) >= 11 is 0. The van der Waals surface area contributed by atoms with Crippen molar-refractivity contribution in [2.24, 2.45) is 0 Å². The standard InChI is InChI=1S/C35H54O/c1-3-5-7-9-11-13-15-17-19-21-31-23-27-33(28-24-31)35(36)34-29-25-32(26-30-34)22-20-18-16-14-12-10-8-6-4-2/h23-30H,3-22H2,1-2H3. The Morgan fingerprint density at radius 3 is 1.00 bits per heavy atom. The van der Waals surface area contributed by atoms with Gasteiger partial charge in [-0.05, 0) is 36.8 Å². The molecule has 0 atom stereocenters. The van der Waals surface area contributed by atoms with Crippen LogP contribution in [0.1, 0.15) is 156 Å². The van der Waals surface area contributed by atoms with Crippen LogP contribution in [0.15, 0.2) is 48.5 Å². The van der Waals surface area contributed by atoms with Gasteiger partial charge in [-0.15, -0.1) is 0 Å². The first kappa shape index (κ1) is 30.3. The summed E-state index contributed by atoms with van der Waals surface area (Å²) in [4.78, 5) is 12.9. The Labute approximate surface area is 223 Å². The fraction of sp³-hybridized carbons (Fsp3) is 0.629. The second-order valence-corrected chi connectivity index (χ2v) is 10.9. The lowest BCUT2D eigenvalue weighted by atomic mass is 9.98. The summed E-state index contributed by atoms with van der Waals surface area (Å²) in [5, 5.41) is 0. The highest BCUT2D eigenvalue weighted by molar-refractivity contribution is 6.08. The van der Waals surface area contributed by atoms with Crippen molar-refractivity contribution in [2.75, 3.05) is 0 Å². The quantitative estimate of drug-likeness (QED) is 0.118. The fourth-order valence-electron chi connectivity index (χ4n) is 5.09. The number of hydrogen-bond acceptors (Lipinski definition) is 1. The monoisotopic (exact) mass is 490 g/mol. The van der Waals surface area contributed by atoms with Crippen LogP contribution in [0.4, 0.5) is 0 Å². The van der Waals surface area contributed by atoms with Crippen molar-refractivity contribution in [3.8, 4) is 0 Å². The van der Waals surface area contributed by atoms with E-state index in [2.05, 4.69) is 38.1 Å². The largest absolute Gasteiger partial charge is 0.289 e. The molecule has 0 spiro atoms. The van der Waals surface area contributed by atoms with Gasteiger partial charge in [0, 0.05) is 11.1 Å². The zero-order valence-corrected chi connectivity index (χ0v) is 23.7. The van der Waals surface area contributed by atoms with E-state index in [4.69, 9.17) is 0 Å². The van der Waals surface area contributed by atoms with Gasteiger partial charge in [-0.25, -0.2) is 0 Å². The number of unbranched alkanes of at least 4 members (excludes halogenated alkanes) is 16. The third-order valence-electron chi connectivity index (χ3n) is 7.57. The van der Waals surface area contributed by atoms with E-state index in [-0.39, 0.29) is 5.78 Å². The van der Waals surface area contributed by atoms with Crippen LogP contribution in [0.25, 0.3) is 0 Å². The molecule has 1 heteroatoms. The average Bonchev–Trinajstić information content (AvgIpc) is 2.91. The number of benzene rings is 2. The summed E-state index contributed by atoms with van der Waals surface area (Å²) in [5.74, 6) is 0.138. The summed E-state index contributed by atoms with van der Waals surface area (Å²) in [6, 6.07) is 16.7. The zero-order chi connectivity index (χ0) is 25.7. The Morgan fingerprint density at radius 1 is 0.417 bits per heavy atom. The molecule has 0 saturated heterocycles. The molecular formula is C35H54O. The molecule has 0 aromatic heterocycles. The van der Waals surface area contributed by atoms with Gasteiger partial charge in [0.15, 0.2) is 5.78 Å². The van der Waals surface area contributed by atoms with Crippen LogP contribution in [0, 0.1) is 0 Å². The Kier molecular flexibility index (Phi) is 17.0. The molecule has 0 amide bonds. The zero-order valence-electron chi connectivity index (χ0n) is 23.7. The Morgan fingerprint density at radius 2 is 0.694 bits per heavy atom. The summed E-state index contributed by atoms with van der Waals surface area (Å²) in [6.07, 6.45) is 26.8. The highest BCUT2D eigenvalue weighted by atomic mass is 16.1. The summed E-state index contributed by atoms with van der Waals surface area (Å²) in [5.41, 5.74) is 4.31. The number of rotatable bonds is 22. The van der Waals surface area contributed by atoms with Gasteiger partial charge in [-0.3, -0.25) is 4.79 Å².